The molecule has 0 saturated heterocycles. The van der Waals surface area contributed by atoms with Crippen LogP contribution in [0.15, 0.2) is 36.5 Å². The van der Waals surface area contributed by atoms with Gasteiger partial charge in [-0.05, 0) is 70.3 Å². The van der Waals surface area contributed by atoms with Gasteiger partial charge in [0.2, 0.25) is 0 Å². The molecule has 4 heteroatoms. The van der Waals surface area contributed by atoms with Crippen molar-refractivity contribution in [1.29, 1.82) is 0 Å². The molecular formula is C37H66O4. The first-order valence-electron chi connectivity index (χ1n) is 17.5. The van der Waals surface area contributed by atoms with Gasteiger partial charge in [0.25, 0.3) is 0 Å². The fourth-order valence-corrected chi connectivity index (χ4v) is 4.93. The van der Waals surface area contributed by atoms with E-state index in [0.717, 1.165) is 77.0 Å². The van der Waals surface area contributed by atoms with E-state index in [1.807, 2.05) is 0 Å². The van der Waals surface area contributed by atoms with Crippen LogP contribution in [0.3, 0.4) is 0 Å². The topological polar surface area (TPSA) is 63.6 Å². The predicted octanol–water partition coefficient (Wildman–Crippen LogP) is 11.8. The highest BCUT2D eigenvalue weighted by molar-refractivity contribution is 5.69. The molecule has 41 heavy (non-hydrogen) atoms. The van der Waals surface area contributed by atoms with E-state index in [9.17, 15) is 9.59 Å². The second kappa shape index (κ2) is 32.7. The standard InChI is InChI=1S/C37H66O4/c1-3-5-7-9-11-13-14-15-16-17-18-20-26-30-34-37(40)41-35(31-27-23-19-12-10-8-6-4-2)32-28-24-21-22-25-29-33-36(38)39/h9,11,14-15,27,31,35H,3-8,10,12-13,16-26,28-30,32-34H2,1-2H3,(H,38,39)/b11-9-,15-14-,31-27-. The van der Waals surface area contributed by atoms with Gasteiger partial charge in [0.05, 0.1) is 0 Å². The summed E-state index contributed by atoms with van der Waals surface area (Å²) in [6.45, 7) is 4.48. The maximum Gasteiger partial charge on any atom is 0.306 e. The third kappa shape index (κ3) is 32.5. The Morgan fingerprint density at radius 1 is 0.561 bits per heavy atom. The molecule has 0 aromatic carbocycles. The van der Waals surface area contributed by atoms with Crippen molar-refractivity contribution in [3.8, 4) is 0 Å². The minimum absolute atomic E-state index is 0.0530. The lowest BCUT2D eigenvalue weighted by atomic mass is 10.0. The van der Waals surface area contributed by atoms with Gasteiger partial charge in [-0.3, -0.25) is 9.59 Å². The van der Waals surface area contributed by atoms with E-state index in [4.69, 9.17) is 9.84 Å². The summed E-state index contributed by atoms with van der Waals surface area (Å²) in [6, 6.07) is 0. The molecule has 238 valence electrons. The number of rotatable bonds is 31. The second-order valence-corrected chi connectivity index (χ2v) is 11.7. The Balaban J connectivity index is 4.12. The number of hydrogen-bond donors (Lipinski definition) is 1. The Morgan fingerprint density at radius 3 is 1.66 bits per heavy atom. The van der Waals surface area contributed by atoms with Crippen molar-refractivity contribution in [2.24, 2.45) is 0 Å². The molecule has 0 aliphatic heterocycles. The molecule has 0 aliphatic carbocycles. The first kappa shape index (κ1) is 39.2. The maximum absolute atomic E-state index is 12.6. The highest BCUT2D eigenvalue weighted by Gasteiger charge is 2.11. The van der Waals surface area contributed by atoms with Crippen molar-refractivity contribution in [3.05, 3.63) is 36.5 Å². The largest absolute Gasteiger partial charge is 0.481 e. The number of hydrogen-bond acceptors (Lipinski definition) is 3. The highest BCUT2D eigenvalue weighted by atomic mass is 16.5. The van der Waals surface area contributed by atoms with Gasteiger partial charge in [0.15, 0.2) is 0 Å². The van der Waals surface area contributed by atoms with Crippen LogP contribution < -0.4 is 0 Å². The van der Waals surface area contributed by atoms with Crippen LogP contribution in [-0.2, 0) is 14.3 Å². The summed E-state index contributed by atoms with van der Waals surface area (Å²) in [4.78, 5) is 23.2. The molecule has 0 heterocycles. The van der Waals surface area contributed by atoms with E-state index in [-0.39, 0.29) is 18.5 Å². The van der Waals surface area contributed by atoms with Crippen LogP contribution in [0.4, 0.5) is 0 Å². The smallest absolute Gasteiger partial charge is 0.306 e. The Labute approximate surface area is 254 Å². The number of aliphatic carboxylic acids is 1. The molecule has 0 aliphatic rings. The quantitative estimate of drug-likeness (QED) is 0.0508. The van der Waals surface area contributed by atoms with E-state index in [1.54, 1.807) is 0 Å². The van der Waals surface area contributed by atoms with Crippen LogP contribution in [0.25, 0.3) is 0 Å². The summed E-state index contributed by atoms with van der Waals surface area (Å²) in [6.07, 6.45) is 41.6. The lowest BCUT2D eigenvalue weighted by Gasteiger charge is -2.15. The zero-order chi connectivity index (χ0) is 30.1. The summed E-state index contributed by atoms with van der Waals surface area (Å²) in [5.41, 5.74) is 0. The van der Waals surface area contributed by atoms with Crippen molar-refractivity contribution in [3.63, 3.8) is 0 Å². The van der Waals surface area contributed by atoms with Crippen molar-refractivity contribution in [2.75, 3.05) is 0 Å². The Morgan fingerprint density at radius 2 is 1.05 bits per heavy atom. The highest BCUT2D eigenvalue weighted by Crippen LogP contribution is 2.15. The van der Waals surface area contributed by atoms with Crippen LogP contribution >= 0.6 is 0 Å². The molecule has 0 aromatic rings. The average molecular weight is 575 g/mol. The number of carboxylic acid groups (broad SMARTS) is 1. The summed E-state index contributed by atoms with van der Waals surface area (Å²) < 4.78 is 5.89. The van der Waals surface area contributed by atoms with Gasteiger partial charge >= 0.3 is 11.9 Å². The Kier molecular flexibility index (Phi) is 31.2. The molecule has 0 aromatic heterocycles. The SMILES string of the molecule is CCCC/C=C\C/C=C\CCCCCCCC(=O)OC(/C=C\CCCCCCCC)CCCCCCCCC(=O)O. The fourth-order valence-electron chi connectivity index (χ4n) is 4.93. The molecule has 0 radical (unpaired) electrons. The zero-order valence-electron chi connectivity index (χ0n) is 27.1. The lowest BCUT2D eigenvalue weighted by molar-refractivity contribution is -0.147. The molecule has 1 atom stereocenters. The fraction of sp³-hybridized carbons (Fsp3) is 0.784. The second-order valence-electron chi connectivity index (χ2n) is 11.7. The maximum atomic E-state index is 12.6. The number of carboxylic acids is 1. The Hall–Kier alpha value is -1.84. The first-order valence-corrected chi connectivity index (χ1v) is 17.5. The van der Waals surface area contributed by atoms with Gasteiger partial charge in [0.1, 0.15) is 6.10 Å². The summed E-state index contributed by atoms with van der Waals surface area (Å²) in [7, 11) is 0. The van der Waals surface area contributed by atoms with Gasteiger partial charge in [-0.15, -0.1) is 0 Å². The average Bonchev–Trinajstić information content (AvgIpc) is 2.95. The molecular weight excluding hydrogens is 508 g/mol. The lowest BCUT2D eigenvalue weighted by Crippen LogP contribution is -2.16. The van der Waals surface area contributed by atoms with Crippen LogP contribution in [0.5, 0.6) is 0 Å². The molecule has 1 N–H and O–H groups in total. The van der Waals surface area contributed by atoms with Crippen LogP contribution in [0.2, 0.25) is 0 Å². The molecule has 0 spiro atoms. The third-order valence-electron chi connectivity index (χ3n) is 7.57. The molecule has 0 amide bonds. The zero-order valence-corrected chi connectivity index (χ0v) is 27.1. The summed E-state index contributed by atoms with van der Waals surface area (Å²) >= 11 is 0. The van der Waals surface area contributed by atoms with Crippen molar-refractivity contribution >= 4 is 11.9 Å². The summed E-state index contributed by atoms with van der Waals surface area (Å²) in [5, 5.41) is 8.75. The van der Waals surface area contributed by atoms with Crippen LogP contribution in [-0.4, -0.2) is 23.1 Å². The van der Waals surface area contributed by atoms with E-state index in [0.29, 0.717) is 6.42 Å². The van der Waals surface area contributed by atoms with Crippen molar-refractivity contribution in [1.82, 2.24) is 0 Å². The number of unbranched alkanes of at least 4 members (excludes halogenated alkanes) is 18. The molecule has 0 rings (SSSR count). The number of allylic oxidation sites excluding steroid dienone is 5. The van der Waals surface area contributed by atoms with Gasteiger partial charge in [-0.1, -0.05) is 134 Å². The van der Waals surface area contributed by atoms with E-state index < -0.39 is 5.97 Å². The molecule has 1 unspecified atom stereocenters. The molecule has 4 nitrogen and oxygen atoms in total. The number of esters is 1. The van der Waals surface area contributed by atoms with Gasteiger partial charge < -0.3 is 9.84 Å². The van der Waals surface area contributed by atoms with E-state index in [1.165, 1.54) is 77.0 Å². The van der Waals surface area contributed by atoms with Gasteiger partial charge in [-0.2, -0.15) is 0 Å². The minimum atomic E-state index is -0.702. The monoisotopic (exact) mass is 574 g/mol. The number of carbonyl (C=O) groups excluding carboxylic acids is 1. The minimum Gasteiger partial charge on any atom is -0.481 e. The van der Waals surface area contributed by atoms with Crippen molar-refractivity contribution < 1.29 is 19.4 Å². The molecule has 0 saturated carbocycles. The van der Waals surface area contributed by atoms with E-state index in [2.05, 4.69) is 50.3 Å². The molecule has 0 fully saturated rings. The Bertz CT molecular complexity index is 664. The first-order chi connectivity index (χ1) is 20.1. The normalized spacial score (nSPS) is 12.6. The van der Waals surface area contributed by atoms with E-state index >= 15 is 0 Å². The molecule has 0 bridgehead atoms. The number of ether oxygens (including phenoxy) is 1. The van der Waals surface area contributed by atoms with Crippen LogP contribution in [0, 0.1) is 0 Å². The predicted molar refractivity (Wildman–Crippen MR) is 176 cm³/mol. The summed E-state index contributed by atoms with van der Waals surface area (Å²) in [5.74, 6) is -0.755. The van der Waals surface area contributed by atoms with Gasteiger partial charge in [-0.25, -0.2) is 0 Å². The van der Waals surface area contributed by atoms with Crippen LogP contribution in [0.1, 0.15) is 181 Å². The van der Waals surface area contributed by atoms with Gasteiger partial charge in [0, 0.05) is 12.8 Å². The van der Waals surface area contributed by atoms with Crippen molar-refractivity contribution in [2.45, 2.75) is 187 Å². The number of carbonyl (C=O) groups is 2. The third-order valence-corrected chi connectivity index (χ3v) is 7.57.